The average molecular weight is 450 g/mol. The molecule has 3 rings (SSSR count). The summed E-state index contributed by atoms with van der Waals surface area (Å²) in [6.07, 6.45) is 7.73. The number of carbonyl (C=O) groups is 2. The average Bonchev–Trinajstić information content (AvgIpc) is 3.65. The molecule has 0 bridgehead atoms. The molecular formula is C23H22N4O6. The normalized spacial score (nSPS) is 14.2. The van der Waals surface area contributed by atoms with Crippen molar-refractivity contribution in [3.8, 4) is 0 Å². The molecule has 0 heterocycles. The highest BCUT2D eigenvalue weighted by Gasteiger charge is 2.32. The Bertz CT molecular complexity index is 1090. The van der Waals surface area contributed by atoms with E-state index >= 15 is 0 Å². The molecule has 1 unspecified atom stereocenters. The molecule has 2 aromatic carbocycles. The van der Waals surface area contributed by atoms with Gasteiger partial charge >= 0.3 is 0 Å². The smallest absolute Gasteiger partial charge is 0.269 e. The largest absolute Gasteiger partial charge is 0.350 e. The first-order valence-corrected chi connectivity index (χ1v) is 10.3. The molecule has 0 radical (unpaired) electrons. The van der Waals surface area contributed by atoms with Crippen molar-refractivity contribution in [2.75, 3.05) is 6.54 Å². The SMILES string of the molecule is O=C(/C=C/c1ccc([N+](=O)[O-])cc1)NCC(NC(=O)/C=C/c1ccc([N+](=O)[O-])cc1)C1CC1. The number of hydrogen-bond donors (Lipinski definition) is 2. The van der Waals surface area contributed by atoms with Crippen LogP contribution in [0.15, 0.2) is 60.7 Å². The number of rotatable bonds is 10. The Labute approximate surface area is 189 Å². The number of non-ortho nitro benzene ring substituents is 2. The van der Waals surface area contributed by atoms with E-state index in [2.05, 4.69) is 10.6 Å². The lowest BCUT2D eigenvalue weighted by atomic mass is 10.1. The third-order valence-corrected chi connectivity index (χ3v) is 5.08. The topological polar surface area (TPSA) is 144 Å². The molecule has 0 saturated heterocycles. The predicted molar refractivity (Wildman–Crippen MR) is 122 cm³/mol. The zero-order chi connectivity index (χ0) is 23.8. The van der Waals surface area contributed by atoms with Crippen LogP contribution in [0.2, 0.25) is 0 Å². The van der Waals surface area contributed by atoms with Crippen LogP contribution in [0.1, 0.15) is 24.0 Å². The van der Waals surface area contributed by atoms with Crippen molar-refractivity contribution in [2.24, 2.45) is 5.92 Å². The van der Waals surface area contributed by atoms with Gasteiger partial charge in [0.25, 0.3) is 11.4 Å². The molecule has 1 aliphatic carbocycles. The molecule has 2 amide bonds. The fraction of sp³-hybridized carbons (Fsp3) is 0.217. The monoisotopic (exact) mass is 450 g/mol. The van der Waals surface area contributed by atoms with Crippen molar-refractivity contribution in [1.82, 2.24) is 10.6 Å². The lowest BCUT2D eigenvalue weighted by Crippen LogP contribution is -2.44. The van der Waals surface area contributed by atoms with Crippen LogP contribution in [0.4, 0.5) is 11.4 Å². The fourth-order valence-corrected chi connectivity index (χ4v) is 3.09. The van der Waals surface area contributed by atoms with E-state index in [0.717, 1.165) is 12.8 Å². The molecule has 0 spiro atoms. The van der Waals surface area contributed by atoms with Gasteiger partial charge in [-0.15, -0.1) is 0 Å². The maximum absolute atomic E-state index is 12.3. The molecule has 0 aliphatic heterocycles. The lowest BCUT2D eigenvalue weighted by molar-refractivity contribution is -0.385. The molecule has 1 atom stereocenters. The second-order valence-corrected chi connectivity index (χ2v) is 7.56. The minimum Gasteiger partial charge on any atom is -0.350 e. The van der Waals surface area contributed by atoms with Gasteiger partial charge in [0.05, 0.1) is 9.85 Å². The Balaban J connectivity index is 1.49. The van der Waals surface area contributed by atoms with Crippen LogP contribution >= 0.6 is 0 Å². The van der Waals surface area contributed by atoms with E-state index < -0.39 is 9.85 Å². The van der Waals surface area contributed by atoms with Crippen LogP contribution in [-0.4, -0.2) is 34.2 Å². The summed E-state index contributed by atoms with van der Waals surface area (Å²) in [4.78, 5) is 44.8. The third-order valence-electron chi connectivity index (χ3n) is 5.08. The standard InChI is InChI=1S/C23H22N4O6/c28-22(13-5-16-1-9-19(10-2-16)26(30)31)24-15-21(18-7-8-18)25-23(29)14-6-17-3-11-20(12-4-17)27(32)33/h1-6,9-14,18,21H,7-8,15H2,(H,24,28)(H,25,29)/b13-5+,14-6+. The molecule has 2 aromatic rings. The van der Waals surface area contributed by atoms with E-state index in [1.807, 2.05) is 0 Å². The molecule has 1 fully saturated rings. The Kier molecular flexibility index (Phi) is 7.64. The Morgan fingerprint density at radius 3 is 1.73 bits per heavy atom. The summed E-state index contributed by atoms with van der Waals surface area (Å²) in [5, 5.41) is 27.0. The number of hydrogen-bond acceptors (Lipinski definition) is 6. The summed E-state index contributed by atoms with van der Waals surface area (Å²) in [6, 6.07) is 11.4. The van der Waals surface area contributed by atoms with Gasteiger partial charge in [0, 0.05) is 49.0 Å². The van der Waals surface area contributed by atoms with Gasteiger partial charge in [-0.3, -0.25) is 29.8 Å². The van der Waals surface area contributed by atoms with E-state index in [9.17, 15) is 29.8 Å². The minimum atomic E-state index is -0.492. The van der Waals surface area contributed by atoms with Gasteiger partial charge in [0.2, 0.25) is 11.8 Å². The van der Waals surface area contributed by atoms with E-state index in [1.165, 1.54) is 36.4 Å². The van der Waals surface area contributed by atoms with Crippen molar-refractivity contribution >= 4 is 35.3 Å². The van der Waals surface area contributed by atoms with Gasteiger partial charge in [-0.1, -0.05) is 0 Å². The minimum absolute atomic E-state index is 0.0243. The summed E-state index contributed by atoms with van der Waals surface area (Å²) in [6.45, 7) is 0.269. The second kappa shape index (κ2) is 10.8. The number of benzene rings is 2. The maximum atomic E-state index is 12.3. The molecule has 10 nitrogen and oxygen atoms in total. The fourth-order valence-electron chi connectivity index (χ4n) is 3.09. The summed E-state index contributed by atoms with van der Waals surface area (Å²) in [5.41, 5.74) is 1.26. The van der Waals surface area contributed by atoms with Crippen LogP contribution in [0.25, 0.3) is 12.2 Å². The van der Waals surface area contributed by atoms with E-state index in [0.29, 0.717) is 17.0 Å². The van der Waals surface area contributed by atoms with Crippen molar-refractivity contribution in [3.05, 3.63) is 92.0 Å². The Morgan fingerprint density at radius 1 is 0.848 bits per heavy atom. The molecule has 1 saturated carbocycles. The van der Waals surface area contributed by atoms with Crippen molar-refractivity contribution in [2.45, 2.75) is 18.9 Å². The summed E-state index contributed by atoms with van der Waals surface area (Å²) < 4.78 is 0. The molecule has 0 aromatic heterocycles. The molecule has 170 valence electrons. The number of nitro benzene ring substituents is 2. The highest BCUT2D eigenvalue weighted by molar-refractivity contribution is 5.93. The van der Waals surface area contributed by atoms with Gasteiger partial charge in [0.1, 0.15) is 0 Å². The van der Waals surface area contributed by atoms with Gasteiger partial charge in [-0.05, 0) is 66.3 Å². The Hall–Kier alpha value is -4.34. The van der Waals surface area contributed by atoms with E-state index in [1.54, 1.807) is 36.4 Å². The summed E-state index contributed by atoms with van der Waals surface area (Å²) >= 11 is 0. The first-order valence-electron chi connectivity index (χ1n) is 10.3. The Morgan fingerprint density at radius 2 is 1.30 bits per heavy atom. The molecule has 10 heteroatoms. The van der Waals surface area contributed by atoms with Crippen molar-refractivity contribution in [3.63, 3.8) is 0 Å². The van der Waals surface area contributed by atoms with Gasteiger partial charge in [-0.25, -0.2) is 0 Å². The first kappa shape index (κ1) is 23.3. The number of nitro groups is 2. The molecule has 33 heavy (non-hydrogen) atoms. The predicted octanol–water partition coefficient (Wildman–Crippen LogP) is 3.24. The summed E-state index contributed by atoms with van der Waals surface area (Å²) in [7, 11) is 0. The summed E-state index contributed by atoms with van der Waals surface area (Å²) in [5.74, 6) is -0.365. The quantitative estimate of drug-likeness (QED) is 0.323. The number of amides is 2. The molecular weight excluding hydrogens is 428 g/mol. The van der Waals surface area contributed by atoms with E-state index in [-0.39, 0.29) is 35.8 Å². The van der Waals surface area contributed by atoms with Crippen molar-refractivity contribution < 1.29 is 19.4 Å². The number of nitrogens with one attached hydrogen (secondary N) is 2. The number of carbonyl (C=O) groups excluding carboxylic acids is 2. The zero-order valence-corrected chi connectivity index (χ0v) is 17.5. The number of nitrogens with zero attached hydrogens (tertiary/aromatic N) is 2. The van der Waals surface area contributed by atoms with Crippen LogP contribution in [-0.2, 0) is 9.59 Å². The van der Waals surface area contributed by atoms with Gasteiger partial charge in [0.15, 0.2) is 0 Å². The van der Waals surface area contributed by atoms with Gasteiger partial charge < -0.3 is 10.6 Å². The second-order valence-electron chi connectivity index (χ2n) is 7.56. The van der Waals surface area contributed by atoms with E-state index in [4.69, 9.17) is 0 Å². The van der Waals surface area contributed by atoms with Crippen LogP contribution in [0, 0.1) is 26.1 Å². The van der Waals surface area contributed by atoms with Crippen LogP contribution in [0.3, 0.4) is 0 Å². The highest BCUT2D eigenvalue weighted by Crippen LogP contribution is 2.32. The van der Waals surface area contributed by atoms with Crippen LogP contribution in [0.5, 0.6) is 0 Å². The third kappa shape index (κ3) is 7.39. The lowest BCUT2D eigenvalue weighted by Gasteiger charge is -2.17. The van der Waals surface area contributed by atoms with Gasteiger partial charge in [-0.2, -0.15) is 0 Å². The zero-order valence-electron chi connectivity index (χ0n) is 17.5. The first-order chi connectivity index (χ1) is 15.8. The maximum Gasteiger partial charge on any atom is 0.269 e. The highest BCUT2D eigenvalue weighted by atomic mass is 16.6. The molecule has 2 N–H and O–H groups in total. The van der Waals surface area contributed by atoms with Crippen molar-refractivity contribution in [1.29, 1.82) is 0 Å². The molecule has 1 aliphatic rings. The van der Waals surface area contributed by atoms with Crippen LogP contribution < -0.4 is 10.6 Å².